The lowest BCUT2D eigenvalue weighted by Crippen LogP contribution is -2.55. The molecule has 0 saturated carbocycles. The van der Waals surface area contributed by atoms with Crippen LogP contribution in [0.4, 0.5) is 0 Å². The largest absolute Gasteiger partial charge is 0.505 e. The molecule has 1 spiro atoms. The molecule has 6 nitrogen and oxygen atoms in total. The Morgan fingerprint density at radius 2 is 2.17 bits per heavy atom. The lowest BCUT2D eigenvalue weighted by Gasteiger charge is -2.47. The normalized spacial score (nSPS) is 21.4. The third kappa shape index (κ3) is 3.53. The molecule has 2 fully saturated rings. The summed E-state index contributed by atoms with van der Waals surface area (Å²) >= 11 is 1.98. The summed E-state index contributed by atoms with van der Waals surface area (Å²) in [7, 11) is 0. The number of carbonyl (C=O) groups excluding carboxylic acids is 1. The van der Waals surface area contributed by atoms with Crippen LogP contribution in [0.2, 0.25) is 0 Å². The SMILES string of the molecule is CCc1cc2c(s1)CCOC21CCN(CC2CN(C(=O)c3ncccc3O)C2)CC1. The number of nitrogens with zero attached hydrogens (tertiary/aromatic N) is 3. The first-order chi connectivity index (χ1) is 14.6. The molecule has 0 atom stereocenters. The molecular weight excluding hydrogens is 398 g/mol. The van der Waals surface area contributed by atoms with Crippen molar-refractivity contribution in [3.8, 4) is 5.75 Å². The van der Waals surface area contributed by atoms with E-state index in [0.717, 1.165) is 65.0 Å². The van der Waals surface area contributed by atoms with E-state index < -0.39 is 0 Å². The predicted octanol–water partition coefficient (Wildman–Crippen LogP) is 3.05. The highest BCUT2D eigenvalue weighted by Gasteiger charge is 2.43. The Balaban J connectivity index is 1.15. The van der Waals surface area contributed by atoms with Gasteiger partial charge in [0.05, 0.1) is 12.2 Å². The van der Waals surface area contributed by atoms with E-state index in [-0.39, 0.29) is 23.0 Å². The first-order valence-electron chi connectivity index (χ1n) is 11.0. The fourth-order valence-corrected chi connectivity index (χ4v) is 6.26. The number of pyridine rings is 1. The van der Waals surface area contributed by atoms with Crippen LogP contribution in [0.5, 0.6) is 5.75 Å². The van der Waals surface area contributed by atoms with E-state index in [0.29, 0.717) is 5.92 Å². The van der Waals surface area contributed by atoms with Crippen molar-refractivity contribution < 1.29 is 14.6 Å². The molecule has 3 aliphatic rings. The van der Waals surface area contributed by atoms with Gasteiger partial charge in [-0.3, -0.25) is 4.79 Å². The maximum Gasteiger partial charge on any atom is 0.276 e. The fraction of sp³-hybridized carbons (Fsp3) is 0.565. The summed E-state index contributed by atoms with van der Waals surface area (Å²) in [4.78, 5) is 23.9. The van der Waals surface area contributed by atoms with E-state index in [9.17, 15) is 9.90 Å². The van der Waals surface area contributed by atoms with Crippen LogP contribution >= 0.6 is 11.3 Å². The topological polar surface area (TPSA) is 65.9 Å². The van der Waals surface area contributed by atoms with Crippen molar-refractivity contribution in [2.24, 2.45) is 5.92 Å². The summed E-state index contributed by atoms with van der Waals surface area (Å²) in [6, 6.07) is 5.54. The van der Waals surface area contributed by atoms with E-state index >= 15 is 0 Å². The average molecular weight is 428 g/mol. The molecule has 0 radical (unpaired) electrons. The number of ether oxygens (including phenoxy) is 1. The van der Waals surface area contributed by atoms with Crippen LogP contribution in [0.3, 0.4) is 0 Å². The number of aromatic nitrogens is 1. The third-order valence-corrected chi connectivity index (χ3v) is 8.16. The second kappa shape index (κ2) is 7.94. The van der Waals surface area contributed by atoms with Gasteiger partial charge in [0, 0.05) is 61.0 Å². The number of amides is 1. The van der Waals surface area contributed by atoms with Gasteiger partial charge >= 0.3 is 0 Å². The second-order valence-corrected chi connectivity index (χ2v) is 9.97. The van der Waals surface area contributed by atoms with E-state index in [2.05, 4.69) is 22.9 Å². The third-order valence-electron chi connectivity index (χ3n) is 6.82. The summed E-state index contributed by atoms with van der Waals surface area (Å²) in [5, 5.41) is 9.85. The molecule has 2 saturated heterocycles. The van der Waals surface area contributed by atoms with Crippen molar-refractivity contribution in [2.75, 3.05) is 39.3 Å². The van der Waals surface area contributed by atoms with Gasteiger partial charge in [-0.1, -0.05) is 6.92 Å². The fourth-order valence-electron chi connectivity index (χ4n) is 5.08. The predicted molar refractivity (Wildman–Crippen MR) is 116 cm³/mol. The van der Waals surface area contributed by atoms with E-state index in [1.807, 2.05) is 11.3 Å². The van der Waals surface area contributed by atoms with Gasteiger partial charge in [0.2, 0.25) is 0 Å². The molecular formula is C23H29N3O3S. The van der Waals surface area contributed by atoms with Crippen molar-refractivity contribution in [2.45, 2.75) is 38.2 Å². The average Bonchev–Trinajstić information content (AvgIpc) is 3.17. The van der Waals surface area contributed by atoms with Gasteiger partial charge in [0.25, 0.3) is 5.91 Å². The molecule has 30 heavy (non-hydrogen) atoms. The summed E-state index contributed by atoms with van der Waals surface area (Å²) in [6.45, 7) is 7.66. The van der Waals surface area contributed by atoms with E-state index in [1.165, 1.54) is 21.4 Å². The molecule has 5 heterocycles. The van der Waals surface area contributed by atoms with Gasteiger partial charge in [-0.2, -0.15) is 0 Å². The summed E-state index contributed by atoms with van der Waals surface area (Å²) < 4.78 is 6.39. The highest BCUT2D eigenvalue weighted by Crippen LogP contribution is 2.44. The van der Waals surface area contributed by atoms with E-state index in [1.54, 1.807) is 17.2 Å². The number of carbonyl (C=O) groups is 1. The molecule has 0 unspecified atom stereocenters. The Bertz CT molecular complexity index is 930. The zero-order chi connectivity index (χ0) is 20.7. The smallest absolute Gasteiger partial charge is 0.276 e. The van der Waals surface area contributed by atoms with Gasteiger partial charge in [-0.05, 0) is 43.0 Å². The van der Waals surface area contributed by atoms with Gasteiger partial charge in [-0.15, -0.1) is 11.3 Å². The Morgan fingerprint density at radius 3 is 2.90 bits per heavy atom. The van der Waals surface area contributed by atoms with Crippen LogP contribution < -0.4 is 0 Å². The maximum absolute atomic E-state index is 12.5. The minimum Gasteiger partial charge on any atom is -0.505 e. The minimum absolute atomic E-state index is 0.0428. The molecule has 7 heteroatoms. The lowest BCUT2D eigenvalue weighted by molar-refractivity contribution is -0.100. The molecule has 1 N–H and O–H groups in total. The zero-order valence-electron chi connectivity index (χ0n) is 17.5. The van der Waals surface area contributed by atoms with Crippen LogP contribution in [0.15, 0.2) is 24.4 Å². The number of hydrogen-bond acceptors (Lipinski definition) is 6. The van der Waals surface area contributed by atoms with Crippen LogP contribution in [0.25, 0.3) is 0 Å². The van der Waals surface area contributed by atoms with Crippen LogP contribution in [0, 0.1) is 5.92 Å². The molecule has 2 aromatic rings. The van der Waals surface area contributed by atoms with Crippen molar-refractivity contribution in [1.82, 2.24) is 14.8 Å². The van der Waals surface area contributed by atoms with Crippen LogP contribution in [-0.2, 0) is 23.2 Å². The molecule has 160 valence electrons. The highest BCUT2D eigenvalue weighted by molar-refractivity contribution is 7.12. The monoisotopic (exact) mass is 427 g/mol. The molecule has 3 aliphatic heterocycles. The standard InChI is InChI=1S/C23H29N3O3S/c1-2-17-12-18-20(30-17)5-11-29-23(18)6-9-25(10-7-23)13-16-14-26(15-16)22(28)21-19(27)4-3-8-24-21/h3-4,8,12,16,27H,2,5-7,9-11,13-15H2,1H3. The number of hydrogen-bond donors (Lipinski definition) is 1. The molecule has 0 bridgehead atoms. The quantitative estimate of drug-likeness (QED) is 0.813. The minimum atomic E-state index is -0.172. The van der Waals surface area contributed by atoms with Gasteiger partial charge in [0.15, 0.2) is 5.69 Å². The number of thiophene rings is 1. The van der Waals surface area contributed by atoms with Crippen molar-refractivity contribution >= 4 is 17.2 Å². The molecule has 5 rings (SSSR count). The second-order valence-electron chi connectivity index (χ2n) is 8.74. The van der Waals surface area contributed by atoms with Gasteiger partial charge < -0.3 is 19.6 Å². The Hall–Kier alpha value is -1.96. The first kappa shape index (κ1) is 20.0. The van der Waals surface area contributed by atoms with Crippen LogP contribution in [0.1, 0.15) is 45.6 Å². The maximum atomic E-state index is 12.5. The Kier molecular flexibility index (Phi) is 5.29. The number of piperidine rings is 1. The summed E-state index contributed by atoms with van der Waals surface area (Å²) in [6.07, 6.45) is 5.81. The lowest BCUT2D eigenvalue weighted by atomic mass is 9.82. The Morgan fingerprint density at radius 1 is 1.37 bits per heavy atom. The van der Waals surface area contributed by atoms with Gasteiger partial charge in [-0.25, -0.2) is 4.98 Å². The van der Waals surface area contributed by atoms with Crippen LogP contribution in [-0.4, -0.2) is 65.1 Å². The number of aryl methyl sites for hydroxylation is 1. The highest BCUT2D eigenvalue weighted by atomic mass is 32.1. The van der Waals surface area contributed by atoms with E-state index in [4.69, 9.17) is 4.74 Å². The Labute approximate surface area is 181 Å². The summed E-state index contributed by atoms with van der Waals surface area (Å²) in [5.41, 5.74) is 1.54. The van der Waals surface area contributed by atoms with Crippen molar-refractivity contribution in [1.29, 1.82) is 0 Å². The van der Waals surface area contributed by atoms with Gasteiger partial charge in [0.1, 0.15) is 5.75 Å². The zero-order valence-corrected chi connectivity index (χ0v) is 18.3. The molecule has 1 amide bonds. The number of aromatic hydroxyl groups is 1. The van der Waals surface area contributed by atoms with Crippen molar-refractivity contribution in [3.05, 3.63) is 45.4 Å². The number of fused-ring (bicyclic) bond motifs is 2. The molecule has 0 aromatic carbocycles. The molecule has 2 aromatic heterocycles. The first-order valence-corrected chi connectivity index (χ1v) is 11.8. The summed E-state index contributed by atoms with van der Waals surface area (Å²) in [5.74, 6) is 0.276. The van der Waals surface area contributed by atoms with Crippen molar-refractivity contribution in [3.63, 3.8) is 0 Å². The number of likely N-dealkylation sites (tertiary alicyclic amines) is 2. The number of rotatable bonds is 4. The molecule has 0 aliphatic carbocycles.